The van der Waals surface area contributed by atoms with E-state index < -0.39 is 6.10 Å². The summed E-state index contributed by atoms with van der Waals surface area (Å²) in [6.45, 7) is 3.70. The number of carbonyl (C=O) groups excluding carboxylic acids is 2. The number of amides is 2. The molecule has 1 aliphatic heterocycles. The maximum atomic E-state index is 13.2. The first-order valence-electron chi connectivity index (χ1n) is 11.7. The van der Waals surface area contributed by atoms with Crippen LogP contribution in [0.1, 0.15) is 18.4 Å². The highest BCUT2D eigenvalue weighted by Gasteiger charge is 2.34. The molecule has 7 nitrogen and oxygen atoms in total. The van der Waals surface area contributed by atoms with E-state index in [1.165, 1.54) is 4.90 Å². The van der Waals surface area contributed by atoms with Crippen molar-refractivity contribution in [2.75, 3.05) is 16.8 Å². The number of thiazole rings is 1. The predicted octanol–water partition coefficient (Wildman–Crippen LogP) is 6.05. The number of rotatable bonds is 7. The van der Waals surface area contributed by atoms with Crippen LogP contribution in [0.15, 0.2) is 78.2 Å². The normalized spacial score (nSPS) is 14.7. The minimum absolute atomic E-state index is 0.131. The van der Waals surface area contributed by atoms with Gasteiger partial charge in [-0.15, -0.1) is 11.3 Å². The zero-order valence-electron chi connectivity index (χ0n) is 19.9. The molecule has 0 bridgehead atoms. The van der Waals surface area contributed by atoms with E-state index in [-0.39, 0.29) is 18.4 Å². The molecule has 2 heterocycles. The molecule has 0 saturated heterocycles. The summed E-state index contributed by atoms with van der Waals surface area (Å²) in [7, 11) is 0. The molecule has 1 unspecified atom stereocenters. The number of carbonyl (C=O) groups is 2. The minimum Gasteiger partial charge on any atom is -0.478 e. The second kappa shape index (κ2) is 10.2. The molecule has 0 radical (unpaired) electrons. The second-order valence-electron chi connectivity index (χ2n) is 8.36. The van der Waals surface area contributed by atoms with Crippen LogP contribution >= 0.6 is 11.3 Å². The molecule has 0 spiro atoms. The standard InChI is InChI=1S/C28H25N3O4S/c1-3-25-28(33)31(24-15-19(9-14-26(24)35-25)23-17-36-18(2)29-23)16-27(32)30-20-10-12-22(13-11-20)34-21-7-5-4-6-8-21/h4-15,17,25H,3,16H2,1-2H3,(H,30,32). The molecule has 3 aromatic carbocycles. The van der Waals surface area contributed by atoms with Gasteiger partial charge in [-0.3, -0.25) is 14.5 Å². The summed E-state index contributed by atoms with van der Waals surface area (Å²) in [5.41, 5.74) is 2.87. The Kier molecular flexibility index (Phi) is 6.69. The van der Waals surface area contributed by atoms with Crippen LogP contribution in [-0.4, -0.2) is 29.4 Å². The van der Waals surface area contributed by atoms with Crippen LogP contribution < -0.4 is 19.7 Å². The first kappa shape index (κ1) is 23.6. The van der Waals surface area contributed by atoms with Gasteiger partial charge in [0.2, 0.25) is 5.91 Å². The molecular formula is C28H25N3O4S. The Balaban J connectivity index is 1.32. The van der Waals surface area contributed by atoms with E-state index in [0.29, 0.717) is 29.3 Å². The summed E-state index contributed by atoms with van der Waals surface area (Å²) in [5, 5.41) is 5.80. The predicted molar refractivity (Wildman–Crippen MR) is 141 cm³/mol. The number of anilines is 2. The summed E-state index contributed by atoms with van der Waals surface area (Å²) < 4.78 is 11.7. The zero-order chi connectivity index (χ0) is 25.1. The van der Waals surface area contributed by atoms with Gasteiger partial charge in [0.1, 0.15) is 23.8 Å². The molecule has 1 aliphatic rings. The molecule has 36 heavy (non-hydrogen) atoms. The molecule has 5 rings (SSSR count). The van der Waals surface area contributed by atoms with Crippen molar-refractivity contribution >= 4 is 34.5 Å². The lowest BCUT2D eigenvalue weighted by atomic mass is 10.1. The fraction of sp³-hybridized carbons (Fsp3) is 0.179. The first-order valence-corrected chi connectivity index (χ1v) is 12.6. The Labute approximate surface area is 213 Å². The van der Waals surface area contributed by atoms with Crippen molar-refractivity contribution in [2.45, 2.75) is 26.4 Å². The smallest absolute Gasteiger partial charge is 0.268 e. The van der Waals surface area contributed by atoms with Gasteiger partial charge in [-0.2, -0.15) is 0 Å². The molecule has 8 heteroatoms. The Bertz CT molecular complexity index is 1390. The highest BCUT2D eigenvalue weighted by Crippen LogP contribution is 2.38. The Hall–Kier alpha value is -4.17. The van der Waals surface area contributed by atoms with E-state index in [1.807, 2.05) is 67.8 Å². The van der Waals surface area contributed by atoms with Crippen molar-refractivity contribution in [3.05, 3.63) is 83.2 Å². The number of ether oxygens (including phenoxy) is 2. The average Bonchev–Trinajstić information content (AvgIpc) is 3.33. The fourth-order valence-electron chi connectivity index (χ4n) is 3.98. The van der Waals surface area contributed by atoms with Crippen LogP contribution in [-0.2, 0) is 9.59 Å². The monoisotopic (exact) mass is 499 g/mol. The number of hydrogen-bond donors (Lipinski definition) is 1. The largest absolute Gasteiger partial charge is 0.478 e. The Morgan fingerprint density at radius 1 is 1.08 bits per heavy atom. The molecular weight excluding hydrogens is 474 g/mol. The van der Waals surface area contributed by atoms with Gasteiger partial charge in [-0.1, -0.05) is 25.1 Å². The third-order valence-electron chi connectivity index (χ3n) is 5.76. The van der Waals surface area contributed by atoms with Crippen LogP contribution in [0, 0.1) is 6.92 Å². The van der Waals surface area contributed by atoms with Gasteiger partial charge < -0.3 is 14.8 Å². The minimum atomic E-state index is -0.632. The highest BCUT2D eigenvalue weighted by molar-refractivity contribution is 7.09. The third-order valence-corrected chi connectivity index (χ3v) is 6.54. The lowest BCUT2D eigenvalue weighted by molar-refractivity contribution is -0.128. The first-order chi connectivity index (χ1) is 17.5. The maximum absolute atomic E-state index is 13.2. The van der Waals surface area contributed by atoms with E-state index in [1.54, 1.807) is 35.6 Å². The summed E-state index contributed by atoms with van der Waals surface area (Å²) in [6.07, 6.45) is -0.126. The molecule has 0 aliphatic carbocycles. The van der Waals surface area contributed by atoms with E-state index >= 15 is 0 Å². The lowest BCUT2D eigenvalue weighted by Gasteiger charge is -2.34. The van der Waals surface area contributed by atoms with Gasteiger partial charge in [-0.25, -0.2) is 4.98 Å². The van der Waals surface area contributed by atoms with E-state index in [4.69, 9.17) is 9.47 Å². The number of para-hydroxylation sites is 1. The summed E-state index contributed by atoms with van der Waals surface area (Å²) >= 11 is 1.56. The van der Waals surface area contributed by atoms with Gasteiger partial charge in [-0.05, 0) is 67.9 Å². The topological polar surface area (TPSA) is 80.8 Å². The molecule has 0 saturated carbocycles. The van der Waals surface area contributed by atoms with Gasteiger partial charge >= 0.3 is 0 Å². The number of nitrogens with zero attached hydrogens (tertiary/aromatic N) is 2. The van der Waals surface area contributed by atoms with Gasteiger partial charge in [0.25, 0.3) is 5.91 Å². The van der Waals surface area contributed by atoms with Crippen molar-refractivity contribution in [1.29, 1.82) is 0 Å². The van der Waals surface area contributed by atoms with Gasteiger partial charge in [0.05, 0.1) is 16.4 Å². The molecule has 1 atom stereocenters. The molecule has 1 N–H and O–H groups in total. The van der Waals surface area contributed by atoms with Crippen LogP contribution in [0.3, 0.4) is 0 Å². The van der Waals surface area contributed by atoms with E-state index in [9.17, 15) is 9.59 Å². The van der Waals surface area contributed by atoms with Gasteiger partial charge in [0.15, 0.2) is 6.10 Å². The number of aryl methyl sites for hydroxylation is 1. The molecule has 4 aromatic rings. The van der Waals surface area contributed by atoms with Crippen molar-refractivity contribution in [2.24, 2.45) is 0 Å². The fourth-order valence-corrected chi connectivity index (χ4v) is 4.60. The second-order valence-corrected chi connectivity index (χ2v) is 9.42. The summed E-state index contributed by atoms with van der Waals surface area (Å²) in [6, 6.07) is 22.2. The van der Waals surface area contributed by atoms with Crippen LogP contribution in [0.5, 0.6) is 17.2 Å². The SMILES string of the molecule is CCC1Oc2ccc(-c3csc(C)n3)cc2N(CC(=O)Nc2ccc(Oc3ccccc3)cc2)C1=O. The number of hydrogen-bond acceptors (Lipinski definition) is 6. The van der Waals surface area contributed by atoms with Gasteiger partial charge in [0, 0.05) is 16.6 Å². The van der Waals surface area contributed by atoms with Crippen molar-refractivity contribution < 1.29 is 19.1 Å². The highest BCUT2D eigenvalue weighted by atomic mass is 32.1. The van der Waals surface area contributed by atoms with Crippen LogP contribution in [0.4, 0.5) is 11.4 Å². The van der Waals surface area contributed by atoms with E-state index in [2.05, 4.69) is 10.3 Å². The number of aromatic nitrogens is 1. The summed E-state index contributed by atoms with van der Waals surface area (Å²) in [4.78, 5) is 32.2. The zero-order valence-corrected chi connectivity index (χ0v) is 20.7. The Morgan fingerprint density at radius 2 is 1.83 bits per heavy atom. The molecule has 2 amide bonds. The number of nitrogens with one attached hydrogen (secondary N) is 1. The van der Waals surface area contributed by atoms with Crippen LogP contribution in [0.2, 0.25) is 0 Å². The Morgan fingerprint density at radius 3 is 2.53 bits per heavy atom. The van der Waals surface area contributed by atoms with E-state index in [0.717, 1.165) is 22.0 Å². The lowest BCUT2D eigenvalue weighted by Crippen LogP contribution is -2.48. The molecule has 1 aromatic heterocycles. The van der Waals surface area contributed by atoms with Crippen molar-refractivity contribution in [3.8, 4) is 28.5 Å². The molecule has 182 valence electrons. The van der Waals surface area contributed by atoms with Crippen molar-refractivity contribution in [1.82, 2.24) is 4.98 Å². The average molecular weight is 500 g/mol. The number of fused-ring (bicyclic) bond motifs is 1. The quantitative estimate of drug-likeness (QED) is 0.335. The van der Waals surface area contributed by atoms with Crippen LogP contribution in [0.25, 0.3) is 11.3 Å². The number of benzene rings is 3. The molecule has 0 fully saturated rings. The maximum Gasteiger partial charge on any atom is 0.268 e. The third kappa shape index (κ3) is 5.08. The summed E-state index contributed by atoms with van der Waals surface area (Å²) in [5.74, 6) is 1.42. The van der Waals surface area contributed by atoms with Crippen molar-refractivity contribution in [3.63, 3.8) is 0 Å².